The Kier molecular flexibility index (Phi) is 18.7. The van der Waals surface area contributed by atoms with Gasteiger partial charge in [-0.1, -0.05) is 94.3 Å². The van der Waals surface area contributed by atoms with Crippen LogP contribution in [-0.4, -0.2) is 136 Å². The zero-order chi connectivity index (χ0) is 61.5. The van der Waals surface area contributed by atoms with Crippen molar-refractivity contribution in [3.8, 4) is 28.7 Å². The molecule has 0 radical (unpaired) electrons. The van der Waals surface area contributed by atoms with E-state index in [1.54, 1.807) is 85.8 Å². The number of phenolic OH excluding ortho intramolecular Hbond substituents is 2. The van der Waals surface area contributed by atoms with Crippen LogP contribution in [0.3, 0.4) is 0 Å². The number of methoxy groups -OCH3 is 2. The van der Waals surface area contributed by atoms with Gasteiger partial charge in [-0.2, -0.15) is 0 Å². The minimum atomic E-state index is -1.87. The number of epoxide rings is 1. The average molecular weight is 1240 g/mol. The van der Waals surface area contributed by atoms with E-state index in [1.165, 1.54) is 55.3 Å². The molecular weight excluding hydrogens is 1170 g/mol. The Balaban J connectivity index is 0.811. The summed E-state index contributed by atoms with van der Waals surface area (Å²) in [5, 5.41) is 35.3. The molecule has 0 aliphatic carbocycles. The van der Waals surface area contributed by atoms with E-state index in [2.05, 4.69) is 19.2 Å². The van der Waals surface area contributed by atoms with Crippen molar-refractivity contribution in [1.82, 2.24) is 10.2 Å². The number of nitrogens with zero attached hydrogens (tertiary/aromatic N) is 2. The van der Waals surface area contributed by atoms with E-state index >= 15 is 0 Å². The number of halogens is 1. The van der Waals surface area contributed by atoms with E-state index in [0.717, 1.165) is 33.7 Å². The molecule has 9 rings (SSSR count). The summed E-state index contributed by atoms with van der Waals surface area (Å²) in [4.78, 5) is 73.2. The Bertz CT molecular complexity index is 3320. The predicted molar refractivity (Wildman–Crippen MR) is 328 cm³/mol. The van der Waals surface area contributed by atoms with Crippen molar-refractivity contribution < 1.29 is 72.5 Å². The van der Waals surface area contributed by atoms with E-state index in [1.807, 2.05) is 31.2 Å². The number of carbonyl (C=O) groups excluding carboxylic acids is 5. The molecule has 4 aromatic rings. The van der Waals surface area contributed by atoms with Gasteiger partial charge in [0.25, 0.3) is 0 Å². The van der Waals surface area contributed by atoms with Gasteiger partial charge in [-0.15, -0.1) is 0 Å². The molecule has 1 spiro atoms. The molecule has 18 nitrogen and oxygen atoms in total. The second kappa shape index (κ2) is 25.2. The van der Waals surface area contributed by atoms with Gasteiger partial charge in [0.1, 0.15) is 63.7 Å². The molecule has 2 saturated heterocycles. The lowest BCUT2D eigenvalue weighted by molar-refractivity contribution is -0.162. The Hall–Kier alpha value is -6.33. The smallest absolute Gasteiger partial charge is 0.409 e. The zero-order valence-electron chi connectivity index (χ0n) is 49.1. The number of thiocarbonyl (C=S) groups is 1. The molecule has 454 valence electrons. The first-order chi connectivity index (χ1) is 40.2. The van der Waals surface area contributed by atoms with Gasteiger partial charge in [-0.25, -0.2) is 14.4 Å². The standard InChI is InChI=1S/C63H72ClN3O15S3/c1-34-14-11-18-50(77-10)62(75)33-49(79-59(74)65-62)35(2)56-61(6,81-56)51(32-53(71)67(8)45-27-37(26-34)28-48(76-9)55(45)64)80-57(72)36(3)66(7)52(70)23-24-60(4,5)85-84-25-13-16-41(83)29-38-15-12-17-44-54(38)58(73)82-63(44)42-21-19-39(68)30-46(42)78-47-31-40(69)20-22-43(47)63/h11-12,14-15,17-22,27-28,30-31,35-36,49-51,56,68-69,75H,13,16,23-26,29,32-33H2,1-10H3,(H,65,74)/b18-11-,34-14-/t35-,36+,49?,50-,51+,56+,61?,62?/m1/s1. The summed E-state index contributed by atoms with van der Waals surface area (Å²) < 4.78 is 41.8. The van der Waals surface area contributed by atoms with E-state index in [0.29, 0.717) is 70.9 Å². The molecule has 22 heteroatoms. The number of amides is 3. The first kappa shape index (κ1) is 63.2. The molecule has 4 N–H and O–H groups in total. The van der Waals surface area contributed by atoms with Gasteiger partial charge in [-0.3, -0.25) is 14.9 Å². The van der Waals surface area contributed by atoms with Gasteiger partial charge in [0.15, 0.2) is 11.3 Å². The fraction of sp³-hybridized carbons (Fsp3) is 0.460. The van der Waals surface area contributed by atoms with Crippen LogP contribution in [0.25, 0.3) is 0 Å². The number of rotatable bonds is 16. The van der Waals surface area contributed by atoms with Gasteiger partial charge in [0.2, 0.25) is 11.8 Å². The van der Waals surface area contributed by atoms with Gasteiger partial charge < -0.3 is 58.3 Å². The van der Waals surface area contributed by atoms with Crippen LogP contribution in [0.2, 0.25) is 5.02 Å². The first-order valence-electron chi connectivity index (χ1n) is 28.1. The fourth-order valence-electron chi connectivity index (χ4n) is 11.6. The Morgan fingerprint density at radius 2 is 1.71 bits per heavy atom. The first-order valence-corrected chi connectivity index (χ1v) is 31.2. The second-order valence-electron chi connectivity index (χ2n) is 23.3. The summed E-state index contributed by atoms with van der Waals surface area (Å²) in [5.41, 5.74) is 0.385. The maximum Gasteiger partial charge on any atom is 0.409 e. The number of benzene rings is 4. The third-order valence-electron chi connectivity index (χ3n) is 16.7. The van der Waals surface area contributed by atoms with Crippen LogP contribution < -0.4 is 19.7 Å². The summed E-state index contributed by atoms with van der Waals surface area (Å²) in [5.74, 6) is -0.943. The molecule has 0 saturated carbocycles. The number of nitrogens with one attached hydrogen (secondary N) is 1. The number of phenols is 2. The van der Waals surface area contributed by atoms with Gasteiger partial charge in [-0.05, 0) is 113 Å². The van der Waals surface area contributed by atoms with Crippen LogP contribution in [0.1, 0.15) is 118 Å². The summed E-state index contributed by atoms with van der Waals surface area (Å²) in [6.07, 6.45) is 2.97. The van der Waals surface area contributed by atoms with Crippen molar-refractivity contribution in [2.75, 3.05) is 39.0 Å². The number of hydrogen-bond acceptors (Lipinski definition) is 18. The number of allylic oxidation sites excluding steroid dienone is 3. The molecule has 3 unspecified atom stereocenters. The van der Waals surface area contributed by atoms with Crippen molar-refractivity contribution in [3.05, 3.63) is 129 Å². The van der Waals surface area contributed by atoms with Crippen LogP contribution >= 0.6 is 45.4 Å². The lowest BCUT2D eigenvalue weighted by atomic mass is 9.77. The summed E-state index contributed by atoms with van der Waals surface area (Å²) in [7, 11) is 9.36. The largest absolute Gasteiger partial charge is 0.508 e. The summed E-state index contributed by atoms with van der Waals surface area (Å²) >= 11 is 12.8. The van der Waals surface area contributed by atoms with Gasteiger partial charge >= 0.3 is 18.0 Å². The molecule has 2 fully saturated rings. The molecule has 3 amide bonds. The minimum absolute atomic E-state index is 0.0281. The third-order valence-corrected chi connectivity index (χ3v) is 20.9. The molecular formula is C63H72ClN3O15S3. The molecule has 5 heterocycles. The molecule has 5 aliphatic rings. The molecule has 5 aliphatic heterocycles. The lowest BCUT2D eigenvalue weighted by Crippen LogP contribution is -2.63. The van der Waals surface area contributed by atoms with Gasteiger partial charge in [0, 0.05) is 85.7 Å². The van der Waals surface area contributed by atoms with Crippen LogP contribution in [0, 0.1) is 5.92 Å². The van der Waals surface area contributed by atoms with Crippen molar-refractivity contribution in [1.29, 1.82) is 0 Å². The molecule has 4 bridgehead atoms. The van der Waals surface area contributed by atoms with Crippen molar-refractivity contribution in [3.63, 3.8) is 0 Å². The summed E-state index contributed by atoms with van der Waals surface area (Å²) in [6.45, 7) is 11.1. The van der Waals surface area contributed by atoms with Crippen LogP contribution in [0.5, 0.6) is 28.7 Å². The number of likely N-dealkylation sites (N-methyl/N-ethyl adjacent to an activating group) is 1. The SMILES string of the molecule is COc1cc2cc(c1Cl)N(C)C(=O)C[C@H](OC(=O)[C@H](C)N(C)C(=O)CCC(C)(C)SSCCCC(=S)Cc1cccc3c1C(=O)OC31c3ccc(O)cc3Oc3cc(O)ccc31)C1(C)O[C@H]1[C@H](C)C1CC(O)(NC(=O)O1)[C@H](OC)/C=C\C=C(\C)C2. The topological polar surface area (TPSA) is 232 Å². The molecule has 8 atom stereocenters. The number of esters is 2. The number of hydrogen-bond donors (Lipinski definition) is 4. The van der Waals surface area contributed by atoms with Crippen molar-refractivity contribution in [2.24, 2.45) is 5.92 Å². The van der Waals surface area contributed by atoms with E-state index in [-0.39, 0.29) is 46.4 Å². The van der Waals surface area contributed by atoms with E-state index in [4.69, 9.17) is 57.0 Å². The number of aromatic hydroxyl groups is 2. The fourth-order valence-corrected chi connectivity index (χ4v) is 14.9. The highest BCUT2D eigenvalue weighted by Crippen LogP contribution is 2.58. The normalized spacial score (nSPS) is 25.5. The highest BCUT2D eigenvalue weighted by Gasteiger charge is 2.65. The third kappa shape index (κ3) is 13.0. The lowest BCUT2D eigenvalue weighted by Gasteiger charge is -2.42. The van der Waals surface area contributed by atoms with E-state index in [9.17, 15) is 39.3 Å². The highest BCUT2D eigenvalue weighted by atomic mass is 35.5. The maximum absolute atomic E-state index is 14.5. The monoisotopic (exact) mass is 1240 g/mol. The molecule has 4 aromatic carbocycles. The predicted octanol–water partition coefficient (Wildman–Crippen LogP) is 10.8. The average Bonchev–Trinajstić information content (AvgIpc) is 1.67. The second-order valence-corrected chi connectivity index (χ2v) is 27.3. The number of aliphatic hydroxyl groups is 1. The quantitative estimate of drug-likeness (QED) is 0.0204. The molecule has 0 aromatic heterocycles. The van der Waals surface area contributed by atoms with Gasteiger partial charge in [0.05, 0.1) is 30.9 Å². The van der Waals surface area contributed by atoms with Crippen molar-refractivity contribution in [2.45, 2.75) is 145 Å². The Morgan fingerprint density at radius 1 is 1.01 bits per heavy atom. The van der Waals surface area contributed by atoms with Crippen LogP contribution in [-0.2, 0) is 56.5 Å². The molecule has 85 heavy (non-hydrogen) atoms. The maximum atomic E-state index is 14.5. The number of alkyl carbamates (subject to hydrolysis) is 1. The highest BCUT2D eigenvalue weighted by molar-refractivity contribution is 8.77. The Morgan fingerprint density at radius 3 is 2.38 bits per heavy atom. The van der Waals surface area contributed by atoms with Crippen LogP contribution in [0.15, 0.2) is 90.5 Å². The van der Waals surface area contributed by atoms with Crippen LogP contribution in [0.4, 0.5) is 10.5 Å². The van der Waals surface area contributed by atoms with E-state index < -0.39 is 77.2 Å². The minimum Gasteiger partial charge on any atom is -0.508 e. The number of carbonyl (C=O) groups is 5. The number of fused-ring (bicyclic) bond motifs is 11. The Labute approximate surface area is 513 Å². The summed E-state index contributed by atoms with van der Waals surface area (Å²) in [6, 6.07) is 17.4. The zero-order valence-corrected chi connectivity index (χ0v) is 52.4. The number of ether oxygens (including phenoxy) is 7. The van der Waals surface area contributed by atoms with Crippen molar-refractivity contribution >= 4 is 85.8 Å². The number of anilines is 1.